The number of halogens is 3. The standard InChI is InChI=1S/C23H20N2O2S.C13H8Cl2S.C13H8OS.C10H14N2O2.C5H9N3O.C4H5NO2.C2H7NO.CH4.FH/c1-15(2)19(26)10-7-13-25-23(27)18(14-24)22-16-8-3-5-11-20(16)28-21-12-6-4-9-17(21)22;14-13(15)9-5-1-3-7-11(9)16-12-8-4-2-6-10(12)13;14-13-9-5-1-3-7-11(9)15-12-8-4-2-6-10(12)13;1-8(2)9(13)4-3-7-12-10(14)5-6-11;6-2-1-5(9)8-4-3-7;1-7-4(6)2-3-5;3-1-2-4;;/h3-6,8-9,11-12H,1,7,10,13H2,2H3,(H,25,27);1-8H;1-8H;1,3-5,7H2,2H3,(H,12,14);1,3-4,7H2,(H,8,9);2H2,1H3;4H,1-3H2;1H4;1H. The zero-order valence-corrected chi connectivity index (χ0v) is 56.0. The molecule has 18 nitrogen and oxygen atoms in total. The molecule has 9 rings (SSSR count). The summed E-state index contributed by atoms with van der Waals surface area (Å²) in [4.78, 5) is 83.0. The third kappa shape index (κ3) is 27.7. The van der Waals surface area contributed by atoms with Gasteiger partial charge in [-0.15, -0.1) is 11.3 Å². The molecule has 2 aliphatic rings. The molecule has 2 aliphatic heterocycles. The Morgan fingerprint density at radius 3 is 1.35 bits per heavy atom. The SMILES string of the molecule is C.C=C(C)C(=O)CCCNC(=O)C(C#N)=C1c2ccccc2Sc2ccccc21.C=C(C)C(=O)CCCNC(=O)CC#N.COC(=O)CC#N.ClC1(Cl)c2ccccc2Sc2ccccc21.F.N#CCC(=O)NCCN.NCCO.O=c1c2ccccc2sc2ccccc12. The van der Waals surface area contributed by atoms with E-state index < -0.39 is 16.2 Å². The van der Waals surface area contributed by atoms with Crippen LogP contribution < -0.4 is 32.8 Å². The van der Waals surface area contributed by atoms with E-state index in [1.165, 1.54) is 7.11 Å². The molecular weight excluding hydrogens is 1310 g/mol. The smallest absolute Gasteiger partial charge is 0.319 e. The number of nitrogens with two attached hydrogens (primary N) is 2. The van der Waals surface area contributed by atoms with Crippen LogP contribution in [0.15, 0.2) is 200 Å². The Kier molecular flexibility index (Phi) is 40.4. The lowest BCUT2D eigenvalue weighted by molar-refractivity contribution is -0.139. The number of carbonyl (C=O) groups is 6. The van der Waals surface area contributed by atoms with Crippen molar-refractivity contribution in [2.75, 3.05) is 46.4 Å². The number of nitrogens with one attached hydrogen (secondary N) is 3. The van der Waals surface area contributed by atoms with Gasteiger partial charge in [0.05, 0.1) is 31.9 Å². The van der Waals surface area contributed by atoms with E-state index >= 15 is 0 Å². The number of aliphatic hydroxyl groups is 1. The largest absolute Gasteiger partial charge is 0.468 e. The first kappa shape index (κ1) is 83.7. The number of rotatable bonds is 17. The molecule has 0 saturated heterocycles. The van der Waals surface area contributed by atoms with Crippen LogP contribution in [0, 0.1) is 45.3 Å². The van der Waals surface area contributed by atoms with Gasteiger partial charge in [0, 0.05) is 102 Å². The van der Waals surface area contributed by atoms with E-state index in [-0.39, 0.29) is 72.4 Å². The summed E-state index contributed by atoms with van der Waals surface area (Å²) in [5.41, 5.74) is 15.5. The summed E-state index contributed by atoms with van der Waals surface area (Å²) >= 11 is 18.0. The molecule has 0 radical (unpaired) electrons. The van der Waals surface area contributed by atoms with Crippen molar-refractivity contribution in [2.24, 2.45) is 11.5 Å². The van der Waals surface area contributed by atoms with Crippen LogP contribution in [0.3, 0.4) is 0 Å². The second-order valence-electron chi connectivity index (χ2n) is 19.5. The van der Waals surface area contributed by atoms with Crippen LogP contribution in [0.4, 0.5) is 4.70 Å². The summed E-state index contributed by atoms with van der Waals surface area (Å²) in [5, 5.41) is 50.9. The number of ether oxygens (including phenoxy) is 1. The molecule has 6 aromatic carbocycles. The van der Waals surface area contributed by atoms with Crippen molar-refractivity contribution in [3.63, 3.8) is 0 Å². The molecule has 8 N–H and O–H groups in total. The van der Waals surface area contributed by atoms with Crippen LogP contribution in [0.25, 0.3) is 25.7 Å². The molecule has 0 aliphatic carbocycles. The van der Waals surface area contributed by atoms with Crippen LogP contribution >= 0.6 is 58.1 Å². The fourth-order valence-corrected chi connectivity index (χ4v) is 12.2. The molecule has 0 spiro atoms. The van der Waals surface area contributed by atoms with Crippen LogP contribution in [0.1, 0.15) is 88.5 Å². The number of benzene rings is 6. The second kappa shape index (κ2) is 45.9. The first-order chi connectivity index (χ1) is 44.7. The summed E-state index contributed by atoms with van der Waals surface area (Å²) in [7, 11) is 1.25. The fourth-order valence-electron chi connectivity index (χ4n) is 7.98. The quantitative estimate of drug-likeness (QED) is 0.0123. The van der Waals surface area contributed by atoms with E-state index in [9.17, 15) is 38.8 Å². The van der Waals surface area contributed by atoms with Crippen LogP contribution in [0.2, 0.25) is 0 Å². The van der Waals surface area contributed by atoms with Crippen molar-refractivity contribution in [1.29, 1.82) is 21.0 Å². The number of ketones is 2. The number of nitriles is 4. The third-order valence-corrected chi connectivity index (χ3v) is 16.8. The normalized spacial score (nSPS) is 10.8. The molecule has 0 fully saturated rings. The Morgan fingerprint density at radius 2 is 0.958 bits per heavy atom. The van der Waals surface area contributed by atoms with Crippen molar-refractivity contribution in [3.05, 3.63) is 208 Å². The summed E-state index contributed by atoms with van der Waals surface area (Å²) < 4.78 is 5.31. The predicted octanol–water partition coefficient (Wildman–Crippen LogP) is 12.5. The number of aliphatic hydroxyl groups excluding tert-OH is 1. The van der Waals surface area contributed by atoms with Crippen LogP contribution in [0.5, 0.6) is 0 Å². The van der Waals surface area contributed by atoms with E-state index in [0.29, 0.717) is 75.1 Å². The van der Waals surface area contributed by atoms with Crippen LogP contribution in [-0.4, -0.2) is 86.8 Å². The molecule has 498 valence electrons. The number of hydrogen-bond acceptors (Lipinski definition) is 18. The van der Waals surface area contributed by atoms with Gasteiger partial charge >= 0.3 is 5.97 Å². The molecule has 3 amide bonds. The zero-order chi connectivity index (χ0) is 68.7. The Morgan fingerprint density at radius 1 is 0.579 bits per heavy atom. The molecular formula is C71H76Cl2FN9O9S3. The second-order valence-corrected chi connectivity index (χ2v) is 24.1. The lowest BCUT2D eigenvalue weighted by Gasteiger charge is -2.29. The van der Waals surface area contributed by atoms with Crippen molar-refractivity contribution >= 4 is 119 Å². The third-order valence-electron chi connectivity index (χ3n) is 12.5. The minimum atomic E-state index is -0.932. The number of esters is 1. The predicted molar refractivity (Wildman–Crippen MR) is 378 cm³/mol. The highest BCUT2D eigenvalue weighted by molar-refractivity contribution is 7.99. The maximum Gasteiger partial charge on any atom is 0.319 e. The number of amides is 3. The molecule has 3 heterocycles. The Labute approximate surface area is 576 Å². The maximum atomic E-state index is 12.8. The highest BCUT2D eigenvalue weighted by Crippen LogP contribution is 2.53. The van der Waals surface area contributed by atoms with Gasteiger partial charge in [0.25, 0.3) is 5.91 Å². The van der Waals surface area contributed by atoms with Gasteiger partial charge in [-0.3, -0.25) is 38.3 Å². The number of hydrogen-bond donors (Lipinski definition) is 6. The van der Waals surface area contributed by atoms with Gasteiger partial charge in [0.15, 0.2) is 21.3 Å². The van der Waals surface area contributed by atoms with Gasteiger partial charge in [0.1, 0.15) is 30.9 Å². The molecule has 95 heavy (non-hydrogen) atoms. The molecule has 0 atom stereocenters. The van der Waals surface area contributed by atoms with Gasteiger partial charge in [-0.1, -0.05) is 164 Å². The van der Waals surface area contributed by atoms with Crippen molar-refractivity contribution < 1.29 is 43.3 Å². The van der Waals surface area contributed by atoms with E-state index in [1.807, 2.05) is 133 Å². The minimum absolute atomic E-state index is 0. The lowest BCUT2D eigenvalue weighted by Crippen LogP contribution is -2.28. The first-order valence-corrected chi connectivity index (χ1v) is 31.9. The summed E-state index contributed by atoms with van der Waals surface area (Å²) in [6, 6.07) is 54.3. The number of carbonyl (C=O) groups excluding carboxylic acids is 6. The van der Waals surface area contributed by atoms with E-state index in [4.69, 9.17) is 55.6 Å². The lowest BCUT2D eigenvalue weighted by atomic mass is 9.92. The Balaban J connectivity index is 0.000000590. The molecule has 1 aromatic heterocycles. The molecule has 7 aromatic rings. The number of Topliss-reactive ketones (excluding diaryl/α,β-unsaturated/α-hetero) is 2. The molecule has 24 heteroatoms. The number of nitrogens with zero attached hydrogens (tertiary/aromatic N) is 4. The van der Waals surface area contributed by atoms with Gasteiger partial charge < -0.3 is 37.3 Å². The molecule has 0 bridgehead atoms. The average Bonchev–Trinajstić information content (AvgIpc) is 0.804. The highest BCUT2D eigenvalue weighted by Gasteiger charge is 2.37. The summed E-state index contributed by atoms with van der Waals surface area (Å²) in [6.45, 7) is 12.6. The van der Waals surface area contributed by atoms with Crippen LogP contribution in [-0.2, 0) is 37.8 Å². The van der Waals surface area contributed by atoms with Crippen molar-refractivity contribution in [1.82, 2.24) is 16.0 Å². The van der Waals surface area contributed by atoms with E-state index in [1.54, 1.807) is 66.9 Å². The number of alkyl halides is 2. The topological polar surface area (TPSA) is 332 Å². The van der Waals surface area contributed by atoms with Gasteiger partial charge in [0.2, 0.25) is 11.8 Å². The number of fused-ring (bicyclic) bond motifs is 6. The van der Waals surface area contributed by atoms with Crippen molar-refractivity contribution in [3.8, 4) is 24.3 Å². The molecule has 0 unspecified atom stereocenters. The van der Waals surface area contributed by atoms with Gasteiger partial charge in [-0.2, -0.15) is 21.0 Å². The monoisotopic (exact) mass is 1380 g/mol. The van der Waals surface area contributed by atoms with E-state index in [0.717, 1.165) is 62.0 Å². The maximum absolute atomic E-state index is 12.8. The average molecular weight is 1390 g/mol. The summed E-state index contributed by atoms with van der Waals surface area (Å²) in [5.74, 6) is -1.46. The first-order valence-electron chi connectivity index (χ1n) is 28.7. The Bertz CT molecular complexity index is 3890. The highest BCUT2D eigenvalue weighted by atomic mass is 35.5. The zero-order valence-electron chi connectivity index (χ0n) is 52.0. The van der Waals surface area contributed by atoms with Crippen molar-refractivity contribution in [2.45, 2.75) is 90.1 Å². The fraction of sp³-hybridized carbons (Fsp3) is 0.254. The number of methoxy groups -OCH3 is 1. The minimum Gasteiger partial charge on any atom is -0.468 e. The Hall–Kier alpha value is -9.30. The van der Waals surface area contributed by atoms with Gasteiger partial charge in [-0.05, 0) is 97.5 Å². The van der Waals surface area contributed by atoms with Gasteiger partial charge in [-0.25, -0.2) is 0 Å². The summed E-state index contributed by atoms with van der Waals surface area (Å²) in [6.07, 6.45) is 1.45. The molecule has 0 saturated carbocycles. The number of allylic oxidation sites excluding steroid dienone is 2. The van der Waals surface area contributed by atoms with E-state index in [2.05, 4.69) is 52.0 Å².